The van der Waals surface area contributed by atoms with Gasteiger partial charge in [0.1, 0.15) is 11.6 Å². The second kappa shape index (κ2) is 8.31. The van der Waals surface area contributed by atoms with Gasteiger partial charge >= 0.3 is 0 Å². The number of anilines is 1. The number of hydrogen-bond acceptors (Lipinski definition) is 6. The summed E-state index contributed by atoms with van der Waals surface area (Å²) in [6, 6.07) is 6.64. The van der Waals surface area contributed by atoms with Crippen molar-refractivity contribution in [2.45, 2.75) is 63.2 Å². The molecule has 8 nitrogen and oxygen atoms in total. The Balaban J connectivity index is 0.00000231. The summed E-state index contributed by atoms with van der Waals surface area (Å²) in [4.78, 5) is 36.1. The quantitative estimate of drug-likeness (QED) is 0.776. The van der Waals surface area contributed by atoms with E-state index < -0.39 is 5.91 Å². The number of halogens is 1. The number of carbonyl (C=O) groups excluding carboxylic acids is 2. The lowest BCUT2D eigenvalue weighted by Crippen LogP contribution is -2.63. The number of para-hydroxylation sites is 1. The molecule has 31 heavy (non-hydrogen) atoms. The van der Waals surface area contributed by atoms with Crippen LogP contribution in [0.25, 0.3) is 11.1 Å². The number of nitrogens with two attached hydrogens (primary N) is 1. The first-order valence-corrected chi connectivity index (χ1v) is 10.9. The van der Waals surface area contributed by atoms with E-state index in [-0.39, 0.29) is 24.4 Å². The van der Waals surface area contributed by atoms with E-state index in [0.29, 0.717) is 53.9 Å². The Hall–Kier alpha value is -2.32. The van der Waals surface area contributed by atoms with Gasteiger partial charge in [-0.1, -0.05) is 12.5 Å². The maximum absolute atomic E-state index is 13.3. The molecular formula is C22H30ClN5O3. The Kier molecular flexibility index (Phi) is 5.87. The van der Waals surface area contributed by atoms with Crippen LogP contribution in [-0.2, 0) is 4.79 Å². The number of carbonyl (C=O) groups is 2. The monoisotopic (exact) mass is 447 g/mol. The summed E-state index contributed by atoms with van der Waals surface area (Å²) < 4.78 is 5.90. The first kappa shape index (κ1) is 21.9. The Morgan fingerprint density at radius 1 is 1.13 bits per heavy atom. The predicted octanol–water partition coefficient (Wildman–Crippen LogP) is 2.40. The van der Waals surface area contributed by atoms with Crippen LogP contribution in [0, 0.1) is 0 Å². The van der Waals surface area contributed by atoms with E-state index in [2.05, 4.69) is 21.8 Å². The van der Waals surface area contributed by atoms with Gasteiger partial charge in [-0.05, 0) is 51.8 Å². The molecule has 2 aromatic rings. The van der Waals surface area contributed by atoms with Crippen molar-refractivity contribution in [2.75, 3.05) is 25.0 Å². The van der Waals surface area contributed by atoms with Crippen molar-refractivity contribution in [2.24, 2.45) is 5.73 Å². The number of nitrogens with zero attached hydrogens (tertiary/aromatic N) is 4. The van der Waals surface area contributed by atoms with Crippen molar-refractivity contribution in [3.05, 3.63) is 23.8 Å². The molecule has 3 aliphatic heterocycles. The lowest BCUT2D eigenvalue weighted by atomic mass is 9.81. The van der Waals surface area contributed by atoms with Crippen LogP contribution in [0.3, 0.4) is 0 Å². The van der Waals surface area contributed by atoms with Crippen LogP contribution in [-0.4, -0.2) is 70.9 Å². The van der Waals surface area contributed by atoms with Gasteiger partial charge in [0.25, 0.3) is 11.9 Å². The number of primary amides is 1. The Labute approximate surface area is 188 Å². The number of fused-ring (bicyclic) bond motifs is 3. The molecule has 2 bridgehead atoms. The number of aromatic nitrogens is 1. The first-order valence-electron chi connectivity index (χ1n) is 10.9. The molecule has 3 atom stereocenters. The molecular weight excluding hydrogens is 418 g/mol. The highest BCUT2D eigenvalue weighted by Gasteiger charge is 2.43. The summed E-state index contributed by atoms with van der Waals surface area (Å²) >= 11 is 0. The number of hydrogen-bond donors (Lipinski definition) is 1. The molecule has 4 heterocycles. The van der Waals surface area contributed by atoms with E-state index in [4.69, 9.17) is 10.2 Å². The first-order chi connectivity index (χ1) is 14.4. The predicted molar refractivity (Wildman–Crippen MR) is 121 cm³/mol. The summed E-state index contributed by atoms with van der Waals surface area (Å²) in [5.74, 6) is -0.409. The molecule has 3 fully saturated rings. The molecule has 2 unspecified atom stereocenters. The van der Waals surface area contributed by atoms with Gasteiger partial charge in [-0.2, -0.15) is 4.98 Å². The minimum Gasteiger partial charge on any atom is -0.423 e. The maximum Gasteiger partial charge on any atom is 0.299 e. The minimum atomic E-state index is -0.540. The highest BCUT2D eigenvalue weighted by molar-refractivity contribution is 6.04. The van der Waals surface area contributed by atoms with Gasteiger partial charge in [0.15, 0.2) is 5.58 Å². The lowest BCUT2D eigenvalue weighted by Gasteiger charge is -2.51. The molecule has 168 valence electrons. The molecule has 3 aliphatic rings. The third-order valence-corrected chi connectivity index (χ3v) is 7.36. The number of rotatable bonds is 3. The van der Waals surface area contributed by atoms with Crippen LogP contribution in [0.15, 0.2) is 22.6 Å². The van der Waals surface area contributed by atoms with Crippen molar-refractivity contribution in [1.82, 2.24) is 14.8 Å². The zero-order valence-corrected chi connectivity index (χ0v) is 18.8. The molecule has 5 rings (SSSR count). The number of piperazine rings is 1. The van der Waals surface area contributed by atoms with Crippen LogP contribution in [0.5, 0.6) is 0 Å². The van der Waals surface area contributed by atoms with Gasteiger partial charge in [0.2, 0.25) is 5.91 Å². The van der Waals surface area contributed by atoms with Crippen molar-refractivity contribution in [3.8, 4) is 0 Å². The van der Waals surface area contributed by atoms with Gasteiger partial charge in [-0.3, -0.25) is 9.59 Å². The zero-order chi connectivity index (χ0) is 21.0. The largest absolute Gasteiger partial charge is 0.423 e. The van der Waals surface area contributed by atoms with E-state index in [1.54, 1.807) is 18.2 Å². The molecule has 9 heteroatoms. The van der Waals surface area contributed by atoms with Gasteiger partial charge in [0, 0.05) is 31.2 Å². The van der Waals surface area contributed by atoms with E-state index in [1.165, 1.54) is 19.3 Å². The highest BCUT2D eigenvalue weighted by Crippen LogP contribution is 2.36. The fourth-order valence-electron chi connectivity index (χ4n) is 5.62. The molecule has 0 aliphatic carbocycles. The fraction of sp³-hybridized carbons (Fsp3) is 0.591. The molecule has 0 radical (unpaired) electrons. The van der Waals surface area contributed by atoms with Crippen LogP contribution in [0.4, 0.5) is 6.01 Å². The molecule has 2 amide bonds. The maximum atomic E-state index is 13.3. The van der Waals surface area contributed by atoms with E-state index >= 15 is 0 Å². The van der Waals surface area contributed by atoms with E-state index in [0.717, 1.165) is 12.8 Å². The molecule has 0 spiro atoms. The zero-order valence-electron chi connectivity index (χ0n) is 18.0. The summed E-state index contributed by atoms with van der Waals surface area (Å²) in [7, 11) is 2.24. The lowest BCUT2D eigenvalue weighted by molar-refractivity contribution is -0.139. The Bertz CT molecular complexity index is 981. The van der Waals surface area contributed by atoms with Crippen LogP contribution in [0.2, 0.25) is 0 Å². The minimum absolute atomic E-state index is 0. The van der Waals surface area contributed by atoms with E-state index in [9.17, 15) is 9.59 Å². The van der Waals surface area contributed by atoms with Crippen LogP contribution >= 0.6 is 12.4 Å². The molecule has 3 saturated heterocycles. The van der Waals surface area contributed by atoms with Crippen molar-refractivity contribution in [1.29, 1.82) is 0 Å². The summed E-state index contributed by atoms with van der Waals surface area (Å²) in [6.45, 7) is 3.24. The van der Waals surface area contributed by atoms with Crippen LogP contribution in [0.1, 0.15) is 49.4 Å². The van der Waals surface area contributed by atoms with Gasteiger partial charge in [0.05, 0.1) is 5.56 Å². The average Bonchev–Trinajstić information content (AvgIpc) is 3.13. The van der Waals surface area contributed by atoms with Crippen molar-refractivity contribution >= 4 is 41.3 Å². The Morgan fingerprint density at radius 3 is 2.48 bits per heavy atom. The van der Waals surface area contributed by atoms with Gasteiger partial charge < -0.3 is 24.9 Å². The van der Waals surface area contributed by atoms with E-state index in [1.807, 2.05) is 11.8 Å². The standard InChI is InChI=1S/C22H29N5O3.ClH/c1-13-21(29)27(16-11-14-5-3-6-15(12-16)25(14)2)10-9-26(13)22-24-19-17(20(23)28)7-4-8-18(19)30-22;/h4,7-8,13-16H,3,5-6,9-12H2,1-2H3,(H2,23,28);1H/t13-,14?,15?,16?;/m0./s1. The fourth-order valence-corrected chi connectivity index (χ4v) is 5.62. The smallest absolute Gasteiger partial charge is 0.299 e. The van der Waals surface area contributed by atoms with Crippen molar-refractivity contribution < 1.29 is 14.0 Å². The summed E-state index contributed by atoms with van der Waals surface area (Å²) in [5, 5.41) is 0. The number of piperidine rings is 2. The summed E-state index contributed by atoms with van der Waals surface area (Å²) in [6.07, 6.45) is 5.90. The highest BCUT2D eigenvalue weighted by atomic mass is 35.5. The number of benzene rings is 1. The van der Waals surface area contributed by atoms with Crippen LogP contribution < -0.4 is 10.6 Å². The normalized spacial score (nSPS) is 29.2. The topological polar surface area (TPSA) is 95.9 Å². The third-order valence-electron chi connectivity index (χ3n) is 7.36. The van der Waals surface area contributed by atoms with Gasteiger partial charge in [-0.25, -0.2) is 0 Å². The molecule has 2 N–H and O–H groups in total. The number of oxazole rings is 1. The molecule has 1 aromatic heterocycles. The van der Waals surface area contributed by atoms with Crippen molar-refractivity contribution in [3.63, 3.8) is 0 Å². The second-order valence-corrected chi connectivity index (χ2v) is 8.94. The van der Waals surface area contributed by atoms with Gasteiger partial charge in [-0.15, -0.1) is 12.4 Å². The average molecular weight is 448 g/mol. The Morgan fingerprint density at radius 2 is 1.81 bits per heavy atom. The SMILES string of the molecule is C[C@H]1C(=O)N(C2CC3CCCC(C2)N3C)CCN1c1nc2c(C(N)=O)cccc2o1.Cl. The third kappa shape index (κ3) is 3.65. The summed E-state index contributed by atoms with van der Waals surface area (Å²) in [5.41, 5.74) is 6.75. The number of amides is 2. The molecule has 0 saturated carbocycles. The molecule has 1 aromatic carbocycles. The second-order valence-electron chi connectivity index (χ2n) is 8.94.